The van der Waals surface area contributed by atoms with E-state index < -0.39 is 0 Å². The predicted molar refractivity (Wildman–Crippen MR) is 126 cm³/mol. The first-order chi connectivity index (χ1) is 14.6. The quantitative estimate of drug-likeness (QED) is 0.437. The third-order valence-electron chi connectivity index (χ3n) is 8.15. The van der Waals surface area contributed by atoms with Gasteiger partial charge in [0.1, 0.15) is 12.3 Å². The Balaban J connectivity index is 1.45. The van der Waals surface area contributed by atoms with Crippen molar-refractivity contribution in [2.75, 3.05) is 6.61 Å². The zero-order valence-electron chi connectivity index (χ0n) is 20.9. The van der Waals surface area contributed by atoms with Crippen LogP contribution in [0.4, 0.5) is 0 Å². The lowest BCUT2D eigenvalue weighted by molar-refractivity contribution is -0.169. The van der Waals surface area contributed by atoms with E-state index in [1.54, 1.807) is 0 Å². The summed E-state index contributed by atoms with van der Waals surface area (Å²) in [5.74, 6) is 0.0667. The first-order valence-electron chi connectivity index (χ1n) is 13.0. The Morgan fingerprint density at radius 2 is 1.48 bits per heavy atom. The molecule has 0 radical (unpaired) electrons. The monoisotopic (exact) mass is 436 g/mol. The van der Waals surface area contributed by atoms with Crippen LogP contribution in [-0.2, 0) is 14.3 Å². The van der Waals surface area contributed by atoms with Gasteiger partial charge in [0.15, 0.2) is 0 Å². The van der Waals surface area contributed by atoms with Crippen LogP contribution in [0.2, 0.25) is 0 Å². The molecule has 2 bridgehead atoms. The number of carbonyl (C=O) groups is 1. The average molecular weight is 437 g/mol. The van der Waals surface area contributed by atoms with Crippen LogP contribution in [0.15, 0.2) is 0 Å². The number of amides is 1. The van der Waals surface area contributed by atoms with E-state index in [1.807, 2.05) is 0 Å². The summed E-state index contributed by atoms with van der Waals surface area (Å²) in [4.78, 5) is 12.7. The molecule has 2 N–H and O–H groups in total. The summed E-state index contributed by atoms with van der Waals surface area (Å²) in [6, 6.07) is 0. The van der Waals surface area contributed by atoms with E-state index in [9.17, 15) is 4.79 Å². The highest BCUT2D eigenvalue weighted by molar-refractivity contribution is 5.78. The molecule has 1 amide bonds. The summed E-state index contributed by atoms with van der Waals surface area (Å²) < 4.78 is 12.6. The fourth-order valence-corrected chi connectivity index (χ4v) is 6.09. The van der Waals surface area contributed by atoms with Crippen LogP contribution in [0.5, 0.6) is 0 Å². The molecule has 4 saturated carbocycles. The SMILES string of the molecule is CCC(C)(C)OC(C)(CC)NC12CCC(NC(=O)COC3CCCCCCCC3)(C1)C2. The Kier molecular flexibility index (Phi) is 8.13. The van der Waals surface area contributed by atoms with Crippen molar-refractivity contribution in [1.29, 1.82) is 0 Å². The molecule has 0 heterocycles. The van der Waals surface area contributed by atoms with E-state index >= 15 is 0 Å². The van der Waals surface area contributed by atoms with E-state index in [0.29, 0.717) is 0 Å². The van der Waals surface area contributed by atoms with Gasteiger partial charge >= 0.3 is 0 Å². The second-order valence-electron chi connectivity index (χ2n) is 11.5. The van der Waals surface area contributed by atoms with Crippen molar-refractivity contribution in [1.82, 2.24) is 10.6 Å². The zero-order chi connectivity index (χ0) is 22.6. The van der Waals surface area contributed by atoms with Crippen molar-refractivity contribution in [3.63, 3.8) is 0 Å². The predicted octanol–water partition coefficient (Wildman–Crippen LogP) is 5.61. The molecule has 4 fully saturated rings. The summed E-state index contributed by atoms with van der Waals surface area (Å²) in [6.45, 7) is 11.1. The van der Waals surface area contributed by atoms with Gasteiger partial charge in [0, 0.05) is 11.1 Å². The van der Waals surface area contributed by atoms with Crippen molar-refractivity contribution in [3.8, 4) is 0 Å². The Bertz CT molecular complexity index is 589. The van der Waals surface area contributed by atoms with Gasteiger partial charge in [-0.1, -0.05) is 52.4 Å². The average Bonchev–Trinajstić information content (AvgIpc) is 3.24. The van der Waals surface area contributed by atoms with Gasteiger partial charge < -0.3 is 14.8 Å². The number of fused-ring (bicyclic) bond motifs is 1. The van der Waals surface area contributed by atoms with Gasteiger partial charge in [0.05, 0.1) is 11.7 Å². The highest BCUT2D eigenvalue weighted by Gasteiger charge is 2.62. The van der Waals surface area contributed by atoms with E-state index in [2.05, 4.69) is 45.3 Å². The molecule has 0 spiro atoms. The molecule has 0 aromatic heterocycles. The molecule has 31 heavy (non-hydrogen) atoms. The second kappa shape index (κ2) is 10.1. The maximum absolute atomic E-state index is 12.7. The number of rotatable bonds is 10. The smallest absolute Gasteiger partial charge is 0.246 e. The fraction of sp³-hybridized carbons (Fsp3) is 0.962. The van der Waals surface area contributed by atoms with E-state index in [0.717, 1.165) is 51.4 Å². The molecule has 0 aromatic rings. The zero-order valence-corrected chi connectivity index (χ0v) is 20.9. The number of hydrogen-bond acceptors (Lipinski definition) is 4. The van der Waals surface area contributed by atoms with E-state index in [-0.39, 0.29) is 41.0 Å². The Hall–Kier alpha value is -0.650. The Morgan fingerprint density at radius 1 is 0.903 bits per heavy atom. The number of ether oxygens (including phenoxy) is 2. The van der Waals surface area contributed by atoms with Gasteiger partial charge in [0.2, 0.25) is 5.91 Å². The van der Waals surface area contributed by atoms with Crippen LogP contribution >= 0.6 is 0 Å². The molecule has 1 unspecified atom stereocenters. The van der Waals surface area contributed by atoms with Crippen molar-refractivity contribution < 1.29 is 14.3 Å². The van der Waals surface area contributed by atoms with Crippen LogP contribution in [0, 0.1) is 0 Å². The van der Waals surface area contributed by atoms with Gasteiger partial charge in [-0.05, 0) is 72.1 Å². The van der Waals surface area contributed by atoms with E-state index in [4.69, 9.17) is 9.47 Å². The summed E-state index contributed by atoms with van der Waals surface area (Å²) in [5, 5.41) is 7.21. The Morgan fingerprint density at radius 3 is 2.06 bits per heavy atom. The molecule has 1 atom stereocenters. The number of carbonyl (C=O) groups excluding carboxylic acids is 1. The maximum Gasteiger partial charge on any atom is 0.246 e. The molecule has 5 heteroatoms. The largest absolute Gasteiger partial charge is 0.368 e. The van der Waals surface area contributed by atoms with Crippen LogP contribution in [0.1, 0.15) is 125 Å². The molecule has 5 nitrogen and oxygen atoms in total. The minimum atomic E-state index is -0.333. The minimum Gasteiger partial charge on any atom is -0.368 e. The molecule has 0 saturated heterocycles. The van der Waals surface area contributed by atoms with Crippen LogP contribution in [0.3, 0.4) is 0 Å². The molecule has 0 aliphatic heterocycles. The van der Waals surface area contributed by atoms with Crippen molar-refractivity contribution in [3.05, 3.63) is 0 Å². The van der Waals surface area contributed by atoms with E-state index in [1.165, 1.54) is 38.5 Å². The maximum atomic E-state index is 12.7. The van der Waals surface area contributed by atoms with Gasteiger partial charge in [-0.25, -0.2) is 0 Å². The van der Waals surface area contributed by atoms with Gasteiger partial charge in [-0.3, -0.25) is 10.1 Å². The molecule has 4 rings (SSSR count). The van der Waals surface area contributed by atoms with Gasteiger partial charge in [0.25, 0.3) is 0 Å². The lowest BCUT2D eigenvalue weighted by Crippen LogP contribution is -2.68. The normalized spacial score (nSPS) is 31.8. The number of nitrogens with one attached hydrogen (secondary N) is 2. The lowest BCUT2D eigenvalue weighted by Gasteiger charge is -2.53. The molecular formula is C26H48N2O3. The van der Waals surface area contributed by atoms with Crippen LogP contribution in [-0.4, -0.2) is 41.0 Å². The van der Waals surface area contributed by atoms with Crippen molar-refractivity contribution in [2.24, 2.45) is 0 Å². The summed E-state index contributed by atoms with van der Waals surface area (Å²) in [6.07, 6.45) is 16.3. The standard InChI is InChI=1S/C26H48N2O3/c1-6-23(3,4)31-24(5,7-2)28-26-17-16-25(19-26,20-26)27-22(29)18-30-21-14-12-10-8-9-11-13-15-21/h21,28H,6-20H2,1-5H3,(H,27,29). The molecule has 180 valence electrons. The topological polar surface area (TPSA) is 59.6 Å². The second-order valence-corrected chi connectivity index (χ2v) is 11.5. The highest BCUT2D eigenvalue weighted by Crippen LogP contribution is 2.56. The molecular weight excluding hydrogens is 388 g/mol. The molecule has 4 aliphatic rings. The third-order valence-corrected chi connectivity index (χ3v) is 8.15. The first-order valence-corrected chi connectivity index (χ1v) is 13.0. The van der Waals surface area contributed by atoms with Gasteiger partial charge in [-0.2, -0.15) is 0 Å². The summed E-state index contributed by atoms with van der Waals surface area (Å²) in [5.41, 5.74) is -0.420. The van der Waals surface area contributed by atoms with Crippen molar-refractivity contribution >= 4 is 5.91 Å². The Labute approximate surface area is 190 Å². The summed E-state index contributed by atoms with van der Waals surface area (Å²) in [7, 11) is 0. The number of hydrogen-bond donors (Lipinski definition) is 2. The first kappa shape index (κ1) is 25.0. The van der Waals surface area contributed by atoms with Crippen LogP contribution < -0.4 is 10.6 Å². The fourth-order valence-electron chi connectivity index (χ4n) is 6.09. The summed E-state index contributed by atoms with van der Waals surface area (Å²) >= 11 is 0. The van der Waals surface area contributed by atoms with Crippen molar-refractivity contribution in [2.45, 2.75) is 153 Å². The molecule has 4 aliphatic carbocycles. The van der Waals surface area contributed by atoms with Crippen LogP contribution in [0.25, 0.3) is 0 Å². The molecule has 0 aromatic carbocycles. The highest BCUT2D eigenvalue weighted by atomic mass is 16.5. The lowest BCUT2D eigenvalue weighted by atomic mass is 9.70. The van der Waals surface area contributed by atoms with Gasteiger partial charge in [-0.15, -0.1) is 0 Å². The third kappa shape index (κ3) is 6.68. The minimum absolute atomic E-state index is 0.0409.